The van der Waals surface area contributed by atoms with Gasteiger partial charge in [-0.2, -0.15) is 0 Å². The van der Waals surface area contributed by atoms with E-state index in [9.17, 15) is 8.42 Å². The van der Waals surface area contributed by atoms with Gasteiger partial charge in [-0.05, 0) is 36.2 Å². The van der Waals surface area contributed by atoms with Crippen LogP contribution in [0, 0.1) is 0 Å². The van der Waals surface area contributed by atoms with E-state index in [1.807, 2.05) is 54.6 Å². The van der Waals surface area contributed by atoms with E-state index >= 15 is 0 Å². The van der Waals surface area contributed by atoms with E-state index in [1.165, 1.54) is 0 Å². The molecule has 5 heteroatoms. The first-order chi connectivity index (χ1) is 10.6. The Bertz CT molecular complexity index is 729. The number of benzene rings is 2. The summed E-state index contributed by atoms with van der Waals surface area (Å²) in [7, 11) is -2.84. The molecule has 1 fully saturated rings. The maximum atomic E-state index is 11.4. The van der Waals surface area contributed by atoms with Gasteiger partial charge < -0.3 is 10.1 Å². The molecule has 1 N–H and O–H groups in total. The van der Waals surface area contributed by atoms with E-state index in [4.69, 9.17) is 4.74 Å². The average molecular weight is 317 g/mol. The SMILES string of the molecule is O=S1(=O)CC[C@H](NCc2cccc(Oc3ccccc3)c2)C1. The molecule has 0 radical (unpaired) electrons. The van der Waals surface area contributed by atoms with Crippen LogP contribution in [-0.4, -0.2) is 26.0 Å². The fourth-order valence-corrected chi connectivity index (χ4v) is 4.27. The summed E-state index contributed by atoms with van der Waals surface area (Å²) in [5.41, 5.74) is 1.08. The lowest BCUT2D eigenvalue weighted by atomic mass is 10.2. The molecule has 116 valence electrons. The Balaban J connectivity index is 1.60. The van der Waals surface area contributed by atoms with Crippen LogP contribution in [0.2, 0.25) is 0 Å². The maximum Gasteiger partial charge on any atom is 0.151 e. The third-order valence-electron chi connectivity index (χ3n) is 3.70. The van der Waals surface area contributed by atoms with E-state index in [-0.39, 0.29) is 11.8 Å². The number of hydrogen-bond acceptors (Lipinski definition) is 4. The molecule has 0 unspecified atom stereocenters. The molecule has 1 heterocycles. The van der Waals surface area contributed by atoms with Crippen molar-refractivity contribution < 1.29 is 13.2 Å². The highest BCUT2D eigenvalue weighted by atomic mass is 32.2. The first kappa shape index (κ1) is 15.1. The van der Waals surface area contributed by atoms with Gasteiger partial charge in [0.2, 0.25) is 0 Å². The number of nitrogens with one attached hydrogen (secondary N) is 1. The van der Waals surface area contributed by atoms with Crippen LogP contribution in [-0.2, 0) is 16.4 Å². The first-order valence-electron chi connectivity index (χ1n) is 7.36. The lowest BCUT2D eigenvalue weighted by molar-refractivity contribution is 0.480. The van der Waals surface area contributed by atoms with Gasteiger partial charge in [0.15, 0.2) is 9.84 Å². The predicted molar refractivity (Wildman–Crippen MR) is 86.9 cm³/mol. The highest BCUT2D eigenvalue weighted by molar-refractivity contribution is 7.91. The lowest BCUT2D eigenvalue weighted by Crippen LogP contribution is -2.29. The highest BCUT2D eigenvalue weighted by Gasteiger charge is 2.27. The maximum absolute atomic E-state index is 11.4. The van der Waals surface area contributed by atoms with Gasteiger partial charge in [0, 0.05) is 12.6 Å². The van der Waals surface area contributed by atoms with Gasteiger partial charge in [-0.3, -0.25) is 0 Å². The minimum Gasteiger partial charge on any atom is -0.457 e. The van der Waals surface area contributed by atoms with Crippen molar-refractivity contribution in [2.75, 3.05) is 11.5 Å². The van der Waals surface area contributed by atoms with E-state index in [0.717, 1.165) is 17.1 Å². The Kier molecular flexibility index (Phi) is 4.45. The van der Waals surface area contributed by atoms with Crippen molar-refractivity contribution in [1.82, 2.24) is 5.32 Å². The summed E-state index contributed by atoms with van der Waals surface area (Å²) in [6, 6.07) is 17.5. The van der Waals surface area contributed by atoms with Crippen LogP contribution < -0.4 is 10.1 Å². The molecule has 0 saturated carbocycles. The molecule has 2 aromatic carbocycles. The number of sulfone groups is 1. The van der Waals surface area contributed by atoms with Gasteiger partial charge in [-0.1, -0.05) is 30.3 Å². The standard InChI is InChI=1S/C17H19NO3S/c19-22(20)10-9-15(13-22)18-12-14-5-4-8-17(11-14)21-16-6-2-1-3-7-16/h1-8,11,15,18H,9-10,12-13H2/t15-/m0/s1. The summed E-state index contributed by atoms with van der Waals surface area (Å²) in [5, 5.41) is 3.31. The minimum absolute atomic E-state index is 0.0590. The van der Waals surface area contributed by atoms with Gasteiger partial charge in [-0.25, -0.2) is 8.42 Å². The van der Waals surface area contributed by atoms with Crippen molar-refractivity contribution in [3.8, 4) is 11.5 Å². The van der Waals surface area contributed by atoms with Gasteiger partial charge >= 0.3 is 0 Å². The Morgan fingerprint density at radius 1 is 1.05 bits per heavy atom. The number of hydrogen-bond donors (Lipinski definition) is 1. The van der Waals surface area contributed by atoms with E-state index in [2.05, 4.69) is 5.32 Å². The summed E-state index contributed by atoms with van der Waals surface area (Å²) < 4.78 is 28.7. The molecular weight excluding hydrogens is 298 g/mol. The monoisotopic (exact) mass is 317 g/mol. The van der Waals surface area contributed by atoms with Crippen molar-refractivity contribution in [3.63, 3.8) is 0 Å². The molecule has 0 amide bonds. The number of para-hydroxylation sites is 1. The average Bonchev–Trinajstić information content (AvgIpc) is 2.86. The van der Waals surface area contributed by atoms with Crippen molar-refractivity contribution in [1.29, 1.82) is 0 Å². The largest absolute Gasteiger partial charge is 0.457 e. The van der Waals surface area contributed by atoms with Gasteiger partial charge in [0.25, 0.3) is 0 Å². The third-order valence-corrected chi connectivity index (χ3v) is 5.47. The molecule has 0 spiro atoms. The van der Waals surface area contributed by atoms with Crippen molar-refractivity contribution >= 4 is 9.84 Å². The third kappa shape index (κ3) is 4.08. The lowest BCUT2D eigenvalue weighted by Gasteiger charge is -2.12. The normalized spacial score (nSPS) is 19.9. The Hall–Kier alpha value is -1.85. The highest BCUT2D eigenvalue weighted by Crippen LogP contribution is 2.22. The van der Waals surface area contributed by atoms with Gasteiger partial charge in [0.1, 0.15) is 11.5 Å². The molecule has 22 heavy (non-hydrogen) atoms. The van der Waals surface area contributed by atoms with E-state index in [1.54, 1.807) is 0 Å². The minimum atomic E-state index is -2.84. The zero-order chi connectivity index (χ0) is 15.4. The Labute approximate surface area is 131 Å². The van der Waals surface area contributed by atoms with Crippen LogP contribution in [0.4, 0.5) is 0 Å². The molecule has 1 aliphatic rings. The van der Waals surface area contributed by atoms with E-state index in [0.29, 0.717) is 18.7 Å². The summed E-state index contributed by atoms with van der Waals surface area (Å²) in [6.45, 7) is 0.645. The summed E-state index contributed by atoms with van der Waals surface area (Å²) in [6.07, 6.45) is 0.697. The van der Waals surface area contributed by atoms with Crippen molar-refractivity contribution in [3.05, 3.63) is 60.2 Å². The topological polar surface area (TPSA) is 55.4 Å². The van der Waals surface area contributed by atoms with Crippen LogP contribution in [0.15, 0.2) is 54.6 Å². The molecule has 0 aromatic heterocycles. The molecule has 0 aliphatic carbocycles. The van der Waals surface area contributed by atoms with Crippen LogP contribution in [0.5, 0.6) is 11.5 Å². The van der Waals surface area contributed by atoms with Crippen molar-refractivity contribution in [2.45, 2.75) is 19.0 Å². The van der Waals surface area contributed by atoms with E-state index < -0.39 is 9.84 Å². The smallest absolute Gasteiger partial charge is 0.151 e. The van der Waals surface area contributed by atoms with Crippen molar-refractivity contribution in [2.24, 2.45) is 0 Å². The summed E-state index contributed by atoms with van der Waals surface area (Å²) in [5.74, 6) is 2.12. The Morgan fingerprint density at radius 2 is 1.82 bits per heavy atom. The fraction of sp³-hybridized carbons (Fsp3) is 0.294. The number of ether oxygens (including phenoxy) is 1. The molecule has 4 nitrogen and oxygen atoms in total. The molecule has 0 bridgehead atoms. The second-order valence-corrected chi connectivity index (χ2v) is 7.77. The zero-order valence-electron chi connectivity index (χ0n) is 12.2. The molecule has 1 saturated heterocycles. The summed E-state index contributed by atoms with van der Waals surface area (Å²) >= 11 is 0. The molecule has 2 aromatic rings. The Morgan fingerprint density at radius 3 is 2.55 bits per heavy atom. The molecular formula is C17H19NO3S. The van der Waals surface area contributed by atoms with Crippen LogP contribution in [0.1, 0.15) is 12.0 Å². The fourth-order valence-electron chi connectivity index (χ4n) is 2.56. The second-order valence-electron chi connectivity index (χ2n) is 5.54. The second kappa shape index (κ2) is 6.50. The van der Waals surface area contributed by atoms with Gasteiger partial charge in [0.05, 0.1) is 11.5 Å². The predicted octanol–water partition coefficient (Wildman–Crippen LogP) is 2.76. The molecule has 3 rings (SSSR count). The molecule has 1 aliphatic heterocycles. The zero-order valence-corrected chi connectivity index (χ0v) is 13.1. The number of rotatable bonds is 5. The van der Waals surface area contributed by atoms with Crippen LogP contribution >= 0.6 is 0 Å². The van der Waals surface area contributed by atoms with Crippen LogP contribution in [0.3, 0.4) is 0 Å². The van der Waals surface area contributed by atoms with Gasteiger partial charge in [-0.15, -0.1) is 0 Å². The quantitative estimate of drug-likeness (QED) is 0.921. The summed E-state index contributed by atoms with van der Waals surface area (Å²) in [4.78, 5) is 0. The first-order valence-corrected chi connectivity index (χ1v) is 9.18. The molecule has 1 atom stereocenters. The van der Waals surface area contributed by atoms with Crippen LogP contribution in [0.25, 0.3) is 0 Å².